The molecular weight excluding hydrogens is 528 g/mol. The summed E-state index contributed by atoms with van der Waals surface area (Å²) < 4.78 is 22.2. The minimum Gasteiger partial charge on any atom is -0.472 e. The van der Waals surface area contributed by atoms with Crippen molar-refractivity contribution in [1.29, 1.82) is 0 Å². The van der Waals surface area contributed by atoms with Crippen LogP contribution in [0, 0.1) is 34.0 Å². The zero-order chi connectivity index (χ0) is 30.1. The minimum absolute atomic E-state index is 0.0841. The molecule has 0 aromatic carbocycles. The number of rotatable bonds is 5. The number of carbonyl (C=O) groups excluding carboxylic acids is 4. The van der Waals surface area contributed by atoms with Gasteiger partial charge in [0, 0.05) is 33.8 Å². The molecule has 0 radical (unpaired) electrons. The molecule has 1 N–H and O–H groups in total. The van der Waals surface area contributed by atoms with Gasteiger partial charge >= 0.3 is 17.9 Å². The van der Waals surface area contributed by atoms with E-state index < -0.39 is 57.7 Å². The van der Waals surface area contributed by atoms with Gasteiger partial charge in [0.25, 0.3) is 0 Å². The molecule has 0 unspecified atom stereocenters. The standard InChI is InChI=1S/C32H40O9/c1-8-17(2)26(35)41-28-29(3,4)22(14-23(33)38-7)31(6)20-9-11-30(5)21(19(20)15-32(28,37)27(31)36)13-24(34)40-25(30)18-10-12-39-16-18/h8,10,12,15-16,20-22,25,28,37H,9,11,13-14H2,1-7H3/t20-,21+,22-,25-,28+,30+,31+,32-/m0/s1. The summed E-state index contributed by atoms with van der Waals surface area (Å²) in [5.74, 6) is -3.31. The third-order valence-corrected chi connectivity index (χ3v) is 10.9. The first-order valence-corrected chi connectivity index (χ1v) is 14.3. The average Bonchev–Trinajstić information content (AvgIpc) is 3.46. The Morgan fingerprint density at radius 1 is 1.17 bits per heavy atom. The number of esters is 3. The Morgan fingerprint density at radius 2 is 1.88 bits per heavy atom. The van der Waals surface area contributed by atoms with Gasteiger partial charge in [-0.3, -0.25) is 14.4 Å². The van der Waals surface area contributed by atoms with Crippen LogP contribution in [-0.4, -0.2) is 47.6 Å². The molecule has 0 spiro atoms. The molecule has 0 amide bonds. The summed E-state index contributed by atoms with van der Waals surface area (Å²) in [6.45, 7) is 10.9. The Labute approximate surface area is 240 Å². The molecule has 5 rings (SSSR count). The monoisotopic (exact) mass is 568 g/mol. The number of ketones is 1. The van der Waals surface area contributed by atoms with Crippen LogP contribution in [0.15, 0.2) is 46.3 Å². The summed E-state index contributed by atoms with van der Waals surface area (Å²) in [5.41, 5.74) is -3.03. The van der Waals surface area contributed by atoms with Crippen molar-refractivity contribution >= 4 is 23.7 Å². The first-order chi connectivity index (χ1) is 19.2. The van der Waals surface area contributed by atoms with Crippen molar-refractivity contribution in [2.75, 3.05) is 7.11 Å². The van der Waals surface area contributed by atoms with E-state index >= 15 is 0 Å². The van der Waals surface area contributed by atoms with Crippen LogP contribution in [0.4, 0.5) is 0 Å². The van der Waals surface area contributed by atoms with Crippen LogP contribution in [0.5, 0.6) is 0 Å². The number of furan rings is 1. The first kappa shape index (κ1) is 29.3. The summed E-state index contributed by atoms with van der Waals surface area (Å²) in [7, 11) is 1.30. The van der Waals surface area contributed by atoms with Crippen molar-refractivity contribution < 1.29 is 42.9 Å². The van der Waals surface area contributed by atoms with E-state index in [2.05, 4.69) is 6.92 Å². The number of allylic oxidation sites excluding steroid dienone is 2. The fourth-order valence-electron chi connectivity index (χ4n) is 8.60. The summed E-state index contributed by atoms with van der Waals surface area (Å²) in [4.78, 5) is 53.4. The predicted molar refractivity (Wildman–Crippen MR) is 146 cm³/mol. The molecule has 1 aromatic rings. The van der Waals surface area contributed by atoms with Gasteiger partial charge in [0.1, 0.15) is 12.2 Å². The Bertz CT molecular complexity index is 1340. The van der Waals surface area contributed by atoms with Gasteiger partial charge in [-0.2, -0.15) is 0 Å². The highest BCUT2D eigenvalue weighted by Gasteiger charge is 2.73. The number of fused-ring (bicyclic) bond motifs is 6. The second kappa shape index (κ2) is 9.68. The van der Waals surface area contributed by atoms with E-state index in [9.17, 15) is 24.3 Å². The van der Waals surface area contributed by atoms with Gasteiger partial charge in [-0.25, -0.2) is 4.79 Å². The quantitative estimate of drug-likeness (QED) is 0.234. The Morgan fingerprint density at radius 3 is 2.49 bits per heavy atom. The average molecular weight is 569 g/mol. The Kier molecular flexibility index (Phi) is 6.92. The van der Waals surface area contributed by atoms with Gasteiger partial charge in [-0.05, 0) is 56.6 Å². The summed E-state index contributed by atoms with van der Waals surface area (Å²) in [6.07, 6.45) is 5.67. The molecule has 2 heterocycles. The van der Waals surface area contributed by atoms with Crippen molar-refractivity contribution in [3.05, 3.63) is 47.5 Å². The number of aliphatic hydroxyl groups is 1. The highest BCUT2D eigenvalue weighted by atomic mass is 16.6. The predicted octanol–water partition coefficient (Wildman–Crippen LogP) is 4.64. The van der Waals surface area contributed by atoms with E-state index in [1.54, 1.807) is 44.6 Å². The molecule has 1 aromatic heterocycles. The van der Waals surface area contributed by atoms with Crippen LogP contribution >= 0.6 is 0 Å². The summed E-state index contributed by atoms with van der Waals surface area (Å²) >= 11 is 0. The third-order valence-electron chi connectivity index (χ3n) is 10.9. The number of hydrogen-bond acceptors (Lipinski definition) is 9. The summed E-state index contributed by atoms with van der Waals surface area (Å²) in [5, 5.41) is 12.4. The molecule has 2 saturated carbocycles. The molecule has 8 atom stereocenters. The molecule has 1 saturated heterocycles. The van der Waals surface area contributed by atoms with E-state index in [-0.39, 0.29) is 30.6 Å². The van der Waals surface area contributed by atoms with Crippen LogP contribution in [0.1, 0.15) is 78.9 Å². The molecule has 3 fully saturated rings. The second-order valence-electron chi connectivity index (χ2n) is 13.3. The second-order valence-corrected chi connectivity index (χ2v) is 13.3. The van der Waals surface area contributed by atoms with E-state index in [1.165, 1.54) is 7.11 Å². The van der Waals surface area contributed by atoms with E-state index in [4.69, 9.17) is 18.6 Å². The topological polar surface area (TPSA) is 129 Å². The number of ether oxygens (including phenoxy) is 3. The molecular formula is C32H40O9. The highest BCUT2D eigenvalue weighted by molar-refractivity contribution is 5.99. The van der Waals surface area contributed by atoms with Crippen LogP contribution in [0.2, 0.25) is 0 Å². The largest absolute Gasteiger partial charge is 0.472 e. The molecule has 3 aliphatic carbocycles. The van der Waals surface area contributed by atoms with Gasteiger partial charge in [-0.15, -0.1) is 0 Å². The maximum atomic E-state index is 14.5. The fraction of sp³-hybridized carbons (Fsp3) is 0.625. The van der Waals surface area contributed by atoms with Crippen molar-refractivity contribution in [3.8, 4) is 0 Å². The zero-order valence-corrected chi connectivity index (χ0v) is 24.8. The lowest BCUT2D eigenvalue weighted by atomic mass is 9.39. The van der Waals surface area contributed by atoms with Gasteiger partial charge < -0.3 is 23.7 Å². The molecule has 222 valence electrons. The first-order valence-electron chi connectivity index (χ1n) is 14.3. The molecule has 2 bridgehead atoms. The SMILES string of the molecule is CC=C(C)C(=O)O[C@@H]1C(C)(C)[C@H](CC(=O)OC)[C@]2(C)C(=O)[C@@]1(O)C=C1[C@H]3CC(=O)O[C@@H](c4ccoc4)[C@]3(C)CC[C@@H]12. The lowest BCUT2D eigenvalue weighted by Gasteiger charge is -2.65. The van der Waals surface area contributed by atoms with Gasteiger partial charge in [0.05, 0.1) is 26.1 Å². The van der Waals surface area contributed by atoms with Crippen molar-refractivity contribution in [3.63, 3.8) is 0 Å². The van der Waals surface area contributed by atoms with E-state index in [0.717, 1.165) is 11.1 Å². The van der Waals surface area contributed by atoms with E-state index in [1.807, 2.05) is 20.8 Å². The van der Waals surface area contributed by atoms with Crippen LogP contribution in [0.25, 0.3) is 0 Å². The van der Waals surface area contributed by atoms with Gasteiger partial charge in [0.15, 0.2) is 11.4 Å². The van der Waals surface area contributed by atoms with Crippen molar-refractivity contribution in [1.82, 2.24) is 0 Å². The maximum absolute atomic E-state index is 14.5. The summed E-state index contributed by atoms with van der Waals surface area (Å²) in [6, 6.07) is 1.79. The minimum atomic E-state index is -2.16. The smallest absolute Gasteiger partial charge is 0.333 e. The molecule has 41 heavy (non-hydrogen) atoms. The number of methoxy groups -OCH3 is 1. The number of hydrogen-bond donors (Lipinski definition) is 1. The van der Waals surface area contributed by atoms with Crippen molar-refractivity contribution in [2.24, 2.45) is 34.0 Å². The maximum Gasteiger partial charge on any atom is 0.333 e. The number of Topliss-reactive ketones (excluding diaryl/α,β-unsaturated/α-hetero) is 1. The van der Waals surface area contributed by atoms with Gasteiger partial charge in [0.2, 0.25) is 0 Å². The fourth-order valence-corrected chi connectivity index (χ4v) is 8.60. The van der Waals surface area contributed by atoms with Crippen LogP contribution in [-0.2, 0) is 33.4 Å². The third kappa shape index (κ3) is 4.06. The van der Waals surface area contributed by atoms with Gasteiger partial charge in [-0.1, -0.05) is 39.3 Å². The normalized spacial score (nSPS) is 39.6. The lowest BCUT2D eigenvalue weighted by Crippen LogP contribution is -2.74. The van der Waals surface area contributed by atoms with E-state index in [0.29, 0.717) is 18.4 Å². The van der Waals surface area contributed by atoms with Crippen LogP contribution in [0.3, 0.4) is 0 Å². The van der Waals surface area contributed by atoms with Crippen LogP contribution < -0.4 is 0 Å². The zero-order valence-electron chi connectivity index (χ0n) is 24.8. The molecule has 9 nitrogen and oxygen atoms in total. The number of carbonyl (C=O) groups is 4. The Balaban J connectivity index is 1.71. The highest BCUT2D eigenvalue weighted by Crippen LogP contribution is 2.69. The molecule has 1 aliphatic heterocycles. The Hall–Kier alpha value is -3.20. The van der Waals surface area contributed by atoms with Crippen molar-refractivity contribution in [2.45, 2.75) is 85.0 Å². The lowest BCUT2D eigenvalue weighted by molar-refractivity contribution is -0.223. The number of cyclic esters (lactones) is 1. The molecule has 4 aliphatic rings. The molecule has 9 heteroatoms.